The third-order valence-corrected chi connectivity index (χ3v) is 3.44. The maximum Gasteiger partial charge on any atom is 0.223 e. The smallest absolute Gasteiger partial charge is 0.223 e. The summed E-state index contributed by atoms with van der Waals surface area (Å²) in [6, 6.07) is 5.86. The maximum atomic E-state index is 13.1. The summed E-state index contributed by atoms with van der Waals surface area (Å²) in [6.07, 6.45) is 2.22. The molecule has 2 aromatic rings. The molecule has 0 aliphatic heterocycles. The van der Waals surface area contributed by atoms with Crippen molar-refractivity contribution in [3.63, 3.8) is 0 Å². The van der Waals surface area contributed by atoms with E-state index in [-0.39, 0.29) is 5.02 Å². The standard InChI is InChI=1S/C13H9BrClFN2O/c14-11-6-12(18-13(17-11)7-1-2-7)19-8-3-4-10(16)9(15)5-8/h3-7H,1-2H2. The molecular formula is C13H9BrClFN2O. The minimum absolute atomic E-state index is 0.0213. The second-order valence-electron chi connectivity index (χ2n) is 4.34. The summed E-state index contributed by atoms with van der Waals surface area (Å²) in [6.45, 7) is 0. The quantitative estimate of drug-likeness (QED) is 0.758. The Bertz CT molecular complexity index is 634. The van der Waals surface area contributed by atoms with Gasteiger partial charge in [-0.05, 0) is 40.9 Å². The van der Waals surface area contributed by atoms with Gasteiger partial charge in [-0.15, -0.1) is 0 Å². The van der Waals surface area contributed by atoms with Crippen LogP contribution in [0.3, 0.4) is 0 Å². The van der Waals surface area contributed by atoms with Gasteiger partial charge in [0.25, 0.3) is 0 Å². The molecule has 0 amide bonds. The van der Waals surface area contributed by atoms with Gasteiger partial charge in [0.2, 0.25) is 5.88 Å². The highest BCUT2D eigenvalue weighted by atomic mass is 79.9. The van der Waals surface area contributed by atoms with E-state index < -0.39 is 5.82 Å². The van der Waals surface area contributed by atoms with E-state index in [1.165, 1.54) is 18.2 Å². The van der Waals surface area contributed by atoms with Crippen LogP contribution in [-0.2, 0) is 0 Å². The molecule has 1 aromatic heterocycles. The molecule has 1 aliphatic carbocycles. The number of nitrogens with zero attached hydrogens (tertiary/aromatic N) is 2. The first kappa shape index (κ1) is 12.8. The van der Waals surface area contributed by atoms with E-state index in [9.17, 15) is 4.39 Å². The molecule has 1 heterocycles. The Balaban J connectivity index is 1.87. The Morgan fingerprint density at radius 2 is 2.05 bits per heavy atom. The van der Waals surface area contributed by atoms with Crippen LogP contribution in [0.1, 0.15) is 24.6 Å². The molecule has 0 unspecified atom stereocenters. The van der Waals surface area contributed by atoms with Gasteiger partial charge in [0, 0.05) is 18.1 Å². The van der Waals surface area contributed by atoms with Crippen molar-refractivity contribution in [2.45, 2.75) is 18.8 Å². The molecular weight excluding hydrogens is 335 g/mol. The van der Waals surface area contributed by atoms with Gasteiger partial charge in [0.1, 0.15) is 22.0 Å². The van der Waals surface area contributed by atoms with Crippen molar-refractivity contribution in [1.29, 1.82) is 0 Å². The van der Waals surface area contributed by atoms with Gasteiger partial charge in [0.05, 0.1) is 5.02 Å². The van der Waals surface area contributed by atoms with Crippen LogP contribution < -0.4 is 4.74 Å². The van der Waals surface area contributed by atoms with E-state index in [4.69, 9.17) is 16.3 Å². The van der Waals surface area contributed by atoms with Crippen LogP contribution >= 0.6 is 27.5 Å². The molecule has 1 saturated carbocycles. The van der Waals surface area contributed by atoms with E-state index in [1.54, 1.807) is 6.07 Å². The van der Waals surface area contributed by atoms with Crippen molar-refractivity contribution in [3.05, 3.63) is 45.5 Å². The number of hydrogen-bond acceptors (Lipinski definition) is 3. The lowest BCUT2D eigenvalue weighted by Gasteiger charge is -2.07. The predicted octanol–water partition coefficient (Wildman–Crippen LogP) is 4.70. The molecule has 98 valence electrons. The van der Waals surface area contributed by atoms with E-state index in [0.717, 1.165) is 18.7 Å². The van der Waals surface area contributed by atoms with Crippen molar-refractivity contribution >= 4 is 27.5 Å². The van der Waals surface area contributed by atoms with Gasteiger partial charge in [-0.1, -0.05) is 11.6 Å². The third-order valence-electron chi connectivity index (χ3n) is 2.74. The van der Waals surface area contributed by atoms with Gasteiger partial charge in [-0.2, -0.15) is 4.98 Å². The van der Waals surface area contributed by atoms with Crippen molar-refractivity contribution in [1.82, 2.24) is 9.97 Å². The van der Waals surface area contributed by atoms with E-state index in [1.807, 2.05) is 0 Å². The topological polar surface area (TPSA) is 35.0 Å². The summed E-state index contributed by atoms with van der Waals surface area (Å²) >= 11 is 9.04. The van der Waals surface area contributed by atoms with E-state index in [2.05, 4.69) is 25.9 Å². The zero-order valence-corrected chi connectivity index (χ0v) is 12.1. The van der Waals surface area contributed by atoms with Crippen LogP contribution in [0.15, 0.2) is 28.9 Å². The molecule has 1 fully saturated rings. The number of hydrogen-bond donors (Lipinski definition) is 0. The van der Waals surface area contributed by atoms with E-state index >= 15 is 0 Å². The largest absolute Gasteiger partial charge is 0.439 e. The summed E-state index contributed by atoms with van der Waals surface area (Å²) in [4.78, 5) is 8.65. The summed E-state index contributed by atoms with van der Waals surface area (Å²) < 4.78 is 19.3. The Labute approximate surface area is 122 Å². The first-order valence-electron chi connectivity index (χ1n) is 5.79. The molecule has 0 radical (unpaired) electrons. The highest BCUT2D eigenvalue weighted by molar-refractivity contribution is 9.10. The molecule has 0 N–H and O–H groups in total. The summed E-state index contributed by atoms with van der Waals surface area (Å²) in [5.41, 5.74) is 0. The molecule has 0 spiro atoms. The molecule has 19 heavy (non-hydrogen) atoms. The number of aromatic nitrogens is 2. The van der Waals surface area contributed by atoms with Crippen molar-refractivity contribution in [3.8, 4) is 11.6 Å². The third kappa shape index (κ3) is 3.04. The fraction of sp³-hybridized carbons (Fsp3) is 0.231. The monoisotopic (exact) mass is 342 g/mol. The van der Waals surface area contributed by atoms with Crippen LogP contribution in [-0.4, -0.2) is 9.97 Å². The summed E-state index contributed by atoms with van der Waals surface area (Å²) in [5.74, 6) is 1.59. The fourth-order valence-corrected chi connectivity index (χ4v) is 2.20. The minimum atomic E-state index is -0.475. The number of ether oxygens (including phenoxy) is 1. The Morgan fingerprint density at radius 1 is 1.26 bits per heavy atom. The second kappa shape index (κ2) is 5.06. The van der Waals surface area contributed by atoms with Crippen molar-refractivity contribution < 1.29 is 9.13 Å². The van der Waals surface area contributed by atoms with Crippen LogP contribution in [0.2, 0.25) is 5.02 Å². The summed E-state index contributed by atoms with van der Waals surface area (Å²) in [5, 5.41) is 0.0213. The highest BCUT2D eigenvalue weighted by Crippen LogP contribution is 2.39. The molecule has 0 saturated heterocycles. The van der Waals surface area contributed by atoms with Crippen LogP contribution in [0.25, 0.3) is 0 Å². The summed E-state index contributed by atoms with van der Waals surface area (Å²) in [7, 11) is 0. The van der Waals surface area contributed by atoms with Crippen LogP contribution in [0.5, 0.6) is 11.6 Å². The van der Waals surface area contributed by atoms with Gasteiger partial charge >= 0.3 is 0 Å². The lowest BCUT2D eigenvalue weighted by molar-refractivity contribution is 0.456. The number of halogens is 3. The SMILES string of the molecule is Fc1ccc(Oc2cc(Br)nc(C3CC3)n2)cc1Cl. The second-order valence-corrected chi connectivity index (χ2v) is 5.56. The lowest BCUT2D eigenvalue weighted by atomic mass is 10.3. The first-order chi connectivity index (χ1) is 9.11. The maximum absolute atomic E-state index is 13.1. The Hall–Kier alpha value is -1.20. The Kier molecular flexibility index (Phi) is 3.41. The van der Waals surface area contributed by atoms with Crippen LogP contribution in [0, 0.1) is 5.82 Å². The molecule has 3 nitrogen and oxygen atoms in total. The minimum Gasteiger partial charge on any atom is -0.439 e. The predicted molar refractivity (Wildman–Crippen MR) is 73.2 cm³/mol. The zero-order valence-electron chi connectivity index (χ0n) is 9.74. The van der Waals surface area contributed by atoms with Gasteiger partial charge in [-0.25, -0.2) is 9.37 Å². The molecule has 1 aliphatic rings. The average Bonchev–Trinajstić information content (AvgIpc) is 3.17. The van der Waals surface area contributed by atoms with Crippen molar-refractivity contribution in [2.24, 2.45) is 0 Å². The van der Waals surface area contributed by atoms with Gasteiger partial charge in [-0.3, -0.25) is 0 Å². The Morgan fingerprint density at radius 3 is 2.74 bits per heavy atom. The fourth-order valence-electron chi connectivity index (χ4n) is 1.65. The first-order valence-corrected chi connectivity index (χ1v) is 6.96. The molecule has 6 heteroatoms. The van der Waals surface area contributed by atoms with Gasteiger partial charge in [0.15, 0.2) is 0 Å². The normalized spacial score (nSPS) is 14.5. The lowest BCUT2D eigenvalue weighted by Crippen LogP contribution is -1.96. The van der Waals surface area contributed by atoms with Crippen LogP contribution in [0.4, 0.5) is 4.39 Å². The molecule has 0 atom stereocenters. The number of benzene rings is 1. The van der Waals surface area contributed by atoms with Crippen molar-refractivity contribution in [2.75, 3.05) is 0 Å². The highest BCUT2D eigenvalue weighted by Gasteiger charge is 2.27. The molecule has 3 rings (SSSR count). The molecule has 1 aromatic carbocycles. The number of rotatable bonds is 3. The zero-order chi connectivity index (χ0) is 13.4. The average molecular weight is 344 g/mol. The van der Waals surface area contributed by atoms with E-state index in [0.29, 0.717) is 22.2 Å². The molecule has 0 bridgehead atoms. The van der Waals surface area contributed by atoms with Gasteiger partial charge < -0.3 is 4.74 Å².